The molecule has 0 aliphatic carbocycles. The second-order valence-corrected chi connectivity index (χ2v) is 28.4. The number of nitrogens with zero attached hydrogens (tertiary/aromatic N) is 3. The molecule has 3 aromatic rings. The Morgan fingerprint density at radius 3 is 1.93 bits per heavy atom. The molecule has 6 N–H and O–H groups in total. The van der Waals surface area contributed by atoms with E-state index in [2.05, 4.69) is 56.1 Å². The van der Waals surface area contributed by atoms with Crippen LogP contribution in [0, 0.1) is 35.5 Å². The number of carbonyl (C=O) groups is 6. The molecule has 4 rings (SSSR count). The molecule has 20 heteroatoms. The van der Waals surface area contributed by atoms with E-state index in [9.17, 15) is 47.4 Å². The van der Waals surface area contributed by atoms with Gasteiger partial charge in [-0.1, -0.05) is 150 Å². The maximum Gasteiger partial charge on any atom is 0.238 e. The largest absolute Gasteiger partial charge is 0.494 e. The second kappa shape index (κ2) is 36.9. The summed E-state index contributed by atoms with van der Waals surface area (Å²) in [7, 11) is 1.35. The van der Waals surface area contributed by atoms with E-state index in [1.807, 2.05) is 87.9 Å². The van der Waals surface area contributed by atoms with Crippen LogP contribution >= 0.6 is 0 Å². The lowest BCUT2D eigenvalue weighted by atomic mass is 9.77. The van der Waals surface area contributed by atoms with Gasteiger partial charge < -0.3 is 35.2 Å². The fourth-order valence-electron chi connectivity index (χ4n) is 12.9. The molecule has 2 heterocycles. The van der Waals surface area contributed by atoms with E-state index in [4.69, 9.17) is 9.47 Å². The van der Waals surface area contributed by atoms with E-state index in [1.165, 1.54) is 4.57 Å². The van der Waals surface area contributed by atoms with Gasteiger partial charge in [-0.15, -0.1) is 0 Å². The van der Waals surface area contributed by atoms with Crippen LogP contribution < -0.4 is 21.5 Å². The van der Waals surface area contributed by atoms with Crippen molar-refractivity contribution in [2.24, 2.45) is 35.5 Å². The molecular formula is C69H111N7O12S. The highest BCUT2D eigenvalue weighted by Crippen LogP contribution is 2.41. The first-order valence-electron chi connectivity index (χ1n) is 32.8. The molecule has 0 bridgehead atoms. The van der Waals surface area contributed by atoms with E-state index in [0.717, 1.165) is 36.8 Å². The predicted octanol–water partition coefficient (Wildman–Crippen LogP) is 9.60. The molecule has 89 heavy (non-hydrogen) atoms. The smallest absolute Gasteiger partial charge is 0.238 e. The number of hydrogen-bond acceptors (Lipinski definition) is 13. The number of rotatable bonds is 40. The molecule has 19 nitrogen and oxygen atoms in total. The van der Waals surface area contributed by atoms with E-state index in [-0.39, 0.29) is 119 Å². The number of ether oxygens (including phenoxy) is 2. The Balaban J connectivity index is 1.29. The fourth-order valence-corrected chi connectivity index (χ4v) is 14.6. The minimum atomic E-state index is -3.63. The quantitative estimate of drug-likeness (QED) is 0.0229. The van der Waals surface area contributed by atoms with Crippen LogP contribution in [-0.2, 0) is 72.2 Å². The molecule has 5 amide bonds. The highest BCUT2D eigenvalue weighted by Gasteiger charge is 2.42. The van der Waals surface area contributed by atoms with Crippen molar-refractivity contribution >= 4 is 45.2 Å². The third-order valence-corrected chi connectivity index (χ3v) is 20.5. The summed E-state index contributed by atoms with van der Waals surface area (Å²) in [5, 5.41) is 27.5. The summed E-state index contributed by atoms with van der Waals surface area (Å²) >= 11 is 0. The summed E-state index contributed by atoms with van der Waals surface area (Å²) in [6.07, 6.45) is 6.44. The van der Waals surface area contributed by atoms with Crippen molar-refractivity contribution in [3.05, 3.63) is 83.4 Å². The molecule has 1 aliphatic rings. The fraction of sp³-hybridized carbons (Fsp3) is 0.681. The number of aromatic hydroxyl groups is 2. The van der Waals surface area contributed by atoms with Gasteiger partial charge >= 0.3 is 0 Å². The third kappa shape index (κ3) is 23.1. The molecule has 0 radical (unpaired) electrons. The Morgan fingerprint density at radius 1 is 0.764 bits per heavy atom. The first-order valence-corrected chi connectivity index (χ1v) is 34.6. The van der Waals surface area contributed by atoms with Crippen LogP contribution in [0.2, 0.25) is 0 Å². The van der Waals surface area contributed by atoms with Crippen LogP contribution in [0.3, 0.4) is 0 Å². The number of likely N-dealkylation sites (N-methyl/N-ethyl adjacent to an activating group) is 1. The van der Waals surface area contributed by atoms with Crippen molar-refractivity contribution in [2.75, 3.05) is 40.1 Å². The number of likely N-dealkylation sites (tertiary alicyclic amines) is 1. The molecule has 1 aliphatic heterocycles. The summed E-state index contributed by atoms with van der Waals surface area (Å²) in [5.74, 6) is -2.95. The molecule has 10 unspecified atom stereocenters. The van der Waals surface area contributed by atoms with Crippen molar-refractivity contribution in [1.29, 1.82) is 0 Å². The number of nitrogens with one attached hydrogen (secondary N) is 4. The second-order valence-electron chi connectivity index (χ2n) is 26.3. The molecule has 0 saturated carbocycles. The Morgan fingerprint density at radius 2 is 1.37 bits per heavy atom. The first kappa shape index (κ1) is 75.6. The van der Waals surface area contributed by atoms with Crippen molar-refractivity contribution in [1.82, 2.24) is 35.9 Å². The Bertz CT molecular complexity index is 2790. The molecular weight excluding hydrogens is 1150 g/mol. The average molecular weight is 1260 g/mol. The van der Waals surface area contributed by atoms with Crippen LogP contribution in [0.15, 0.2) is 66.7 Å². The van der Waals surface area contributed by atoms with Gasteiger partial charge in [-0.3, -0.25) is 49.1 Å². The number of aromatic nitrogens is 1. The van der Waals surface area contributed by atoms with Crippen molar-refractivity contribution in [2.45, 2.75) is 227 Å². The molecule has 10 atom stereocenters. The number of unbranched alkanes of at least 4 members (excludes halogenated alkanes) is 2. The summed E-state index contributed by atoms with van der Waals surface area (Å²) in [5.41, 5.74) is 7.04. The monoisotopic (exact) mass is 1260 g/mol. The Hall–Kier alpha value is -5.83. The lowest BCUT2D eigenvalue weighted by molar-refractivity contribution is -0.143. The van der Waals surface area contributed by atoms with Crippen molar-refractivity contribution in [3.63, 3.8) is 0 Å². The third-order valence-electron chi connectivity index (χ3n) is 18.8. The molecule has 1 saturated heterocycles. The van der Waals surface area contributed by atoms with Crippen LogP contribution in [0.25, 0.3) is 0 Å². The van der Waals surface area contributed by atoms with Gasteiger partial charge in [-0.2, -0.15) is 0 Å². The number of amides is 5. The standard InChI is InChI=1S/C69H111N7O12S/c1-15-49(9)54(58(87-13)43-62(81)75-38-27-33-56(75)65(88-14)50(10)66(82)70-53(41-51-29-21-18-22-30-51)45-89(85,86)44-52-31-23-19-24-32-52)39-48(8)40-57(77)63(46(4)5)71-67(83)64(47(6)7)74(12)36-28-35-60(79)73-72-59(78)34-25-20-26-37-76-61(80)42-55(68(76)84)69(11,16-2)17-3/h18-19,21-24,29-32,42,46-50,53-54,56,58,63-65,80,84H,15-17,20,25-28,33-41,43-45H2,1-14H3,(H,70,82)(H,71,83)(H,72,78)(H,73,79). The number of sulfone groups is 1. The number of carbonyl (C=O) groups excluding carboxylic acids is 6. The minimum Gasteiger partial charge on any atom is -0.494 e. The Labute approximate surface area is 532 Å². The SMILES string of the molecule is CCC(C)C(CC(C)CC(=O)C(NC(=O)C(C(C)C)N(C)CCCC(=O)NNC(=O)CCCCCn1c(O)cc(C(C)(CC)CC)c1O)C(C)C)C(CC(=O)N1CCCC1C(OC)C(C)C(=O)NC(Cc1ccccc1)CS(=O)(=O)Cc1ccccc1)OC. The number of hydrazine groups is 1. The molecule has 1 fully saturated rings. The lowest BCUT2D eigenvalue weighted by Gasteiger charge is -2.37. The molecule has 500 valence electrons. The lowest BCUT2D eigenvalue weighted by Crippen LogP contribution is -2.54. The van der Waals surface area contributed by atoms with Crippen molar-refractivity contribution < 1.29 is 56.9 Å². The maximum absolute atomic E-state index is 14.6. The summed E-state index contributed by atoms with van der Waals surface area (Å²) in [4.78, 5) is 86.3. The van der Waals surface area contributed by atoms with E-state index in [1.54, 1.807) is 51.5 Å². The molecule has 1 aromatic heterocycles. The number of Topliss-reactive ketones (excluding diaryl/α,β-unsaturated/α-hetero) is 1. The highest BCUT2D eigenvalue weighted by atomic mass is 32.2. The highest BCUT2D eigenvalue weighted by molar-refractivity contribution is 7.90. The van der Waals surface area contributed by atoms with Gasteiger partial charge in [0.25, 0.3) is 0 Å². The molecule has 0 spiro atoms. The minimum absolute atomic E-state index is 0.0215. The molecule has 2 aromatic carbocycles. The zero-order valence-electron chi connectivity index (χ0n) is 56.1. The predicted molar refractivity (Wildman–Crippen MR) is 350 cm³/mol. The van der Waals surface area contributed by atoms with E-state index >= 15 is 0 Å². The van der Waals surface area contributed by atoms with E-state index in [0.29, 0.717) is 70.1 Å². The summed E-state index contributed by atoms with van der Waals surface area (Å²) < 4.78 is 40.9. The van der Waals surface area contributed by atoms with Gasteiger partial charge in [0.15, 0.2) is 27.4 Å². The first-order chi connectivity index (χ1) is 42.1. The number of methoxy groups -OCH3 is 2. The van der Waals surface area contributed by atoms with Crippen LogP contribution in [0.4, 0.5) is 0 Å². The van der Waals surface area contributed by atoms with Gasteiger partial charge in [0.2, 0.25) is 29.5 Å². The van der Waals surface area contributed by atoms with Crippen LogP contribution in [0.5, 0.6) is 11.8 Å². The van der Waals surface area contributed by atoms with Crippen molar-refractivity contribution in [3.8, 4) is 11.8 Å². The van der Waals surface area contributed by atoms with Crippen LogP contribution in [0.1, 0.15) is 183 Å². The average Bonchev–Trinajstić information content (AvgIpc) is 2.14. The Kier molecular flexibility index (Phi) is 31.3. The number of ketones is 1. The van der Waals surface area contributed by atoms with E-state index < -0.39 is 52.1 Å². The normalized spacial score (nSPS) is 16.9. The zero-order chi connectivity index (χ0) is 66.2. The van der Waals surface area contributed by atoms with Gasteiger partial charge in [0.1, 0.15) is 0 Å². The summed E-state index contributed by atoms with van der Waals surface area (Å²) in [6, 6.07) is 17.6. The zero-order valence-corrected chi connectivity index (χ0v) is 57.0. The number of hydrogen-bond donors (Lipinski definition) is 6. The van der Waals surface area contributed by atoms with Crippen LogP contribution in [-0.4, -0.2) is 145 Å². The number of benzene rings is 2. The summed E-state index contributed by atoms with van der Waals surface area (Å²) in [6.45, 7) is 23.2. The maximum atomic E-state index is 14.6. The van der Waals surface area contributed by atoms with Gasteiger partial charge in [0, 0.05) is 64.2 Å². The van der Waals surface area contributed by atoms with Gasteiger partial charge in [-0.25, -0.2) is 8.42 Å². The van der Waals surface area contributed by atoms with Gasteiger partial charge in [-0.05, 0) is 118 Å². The van der Waals surface area contributed by atoms with Gasteiger partial charge in [0.05, 0.1) is 54.2 Å². The topological polar surface area (TPSA) is 255 Å².